The molecule has 2 aliphatic heterocycles. The number of hydrogen-bond acceptors (Lipinski definition) is 4. The van der Waals surface area contributed by atoms with Crippen LogP contribution in [-0.4, -0.2) is 71.5 Å². The van der Waals surface area contributed by atoms with Gasteiger partial charge >= 0.3 is 6.18 Å². The van der Waals surface area contributed by atoms with Crippen molar-refractivity contribution in [1.82, 2.24) is 19.6 Å². The van der Waals surface area contributed by atoms with Gasteiger partial charge in [0, 0.05) is 77.0 Å². The molecule has 2 aliphatic carbocycles. The van der Waals surface area contributed by atoms with Gasteiger partial charge in [0.1, 0.15) is 0 Å². The molecule has 2 saturated carbocycles. The molecule has 0 bridgehead atoms. The van der Waals surface area contributed by atoms with E-state index >= 15 is 0 Å². The van der Waals surface area contributed by atoms with E-state index < -0.39 is 11.7 Å². The number of halogens is 3. The van der Waals surface area contributed by atoms with Crippen LogP contribution in [-0.2, 0) is 19.3 Å². The second kappa shape index (κ2) is 18.4. The van der Waals surface area contributed by atoms with Crippen LogP contribution in [0.5, 0.6) is 0 Å². The van der Waals surface area contributed by atoms with E-state index in [1.165, 1.54) is 86.6 Å². The van der Waals surface area contributed by atoms with Crippen LogP contribution in [0, 0.1) is 17.8 Å². The topological polar surface area (TPSA) is 13.0 Å². The third-order valence-electron chi connectivity index (χ3n) is 13.9. The summed E-state index contributed by atoms with van der Waals surface area (Å²) in [6.07, 6.45) is 7.08. The molecule has 3 atom stereocenters. The van der Waals surface area contributed by atoms with Crippen molar-refractivity contribution in [3.8, 4) is 0 Å². The Balaban J connectivity index is 0.998. The maximum Gasteiger partial charge on any atom is 0.416 e. The van der Waals surface area contributed by atoms with Crippen molar-refractivity contribution >= 4 is 0 Å². The fourth-order valence-electron chi connectivity index (χ4n) is 11.0. The predicted octanol–water partition coefficient (Wildman–Crippen LogP) is 10.9. The van der Waals surface area contributed by atoms with Crippen LogP contribution >= 0.6 is 0 Å². The first kappa shape index (κ1) is 39.3. The van der Waals surface area contributed by atoms with Crippen molar-refractivity contribution in [2.45, 2.75) is 95.2 Å². The third kappa shape index (κ3) is 9.61. The number of nitrogens with zero attached hydrogens (tertiary/aromatic N) is 4. The van der Waals surface area contributed by atoms with E-state index in [4.69, 9.17) is 0 Å². The van der Waals surface area contributed by atoms with Crippen molar-refractivity contribution in [3.05, 3.63) is 143 Å². The molecule has 4 aliphatic rings. The Labute approximate surface area is 333 Å². The summed E-state index contributed by atoms with van der Waals surface area (Å²) in [4.78, 5) is 10.9. The van der Waals surface area contributed by atoms with E-state index in [9.17, 15) is 13.2 Å². The number of benzene rings is 4. The van der Waals surface area contributed by atoms with E-state index in [-0.39, 0.29) is 0 Å². The fourth-order valence-corrected chi connectivity index (χ4v) is 11.0. The average molecular weight is 763 g/mol. The summed E-state index contributed by atoms with van der Waals surface area (Å²) in [5.74, 6) is 1.84. The highest BCUT2D eigenvalue weighted by atomic mass is 19.4. The van der Waals surface area contributed by atoms with Crippen LogP contribution in [0.4, 0.5) is 13.2 Å². The third-order valence-corrected chi connectivity index (χ3v) is 13.9. The summed E-state index contributed by atoms with van der Waals surface area (Å²) in [7, 11) is 0. The Hall–Kier alpha value is -3.49. The smallest absolute Gasteiger partial charge is 0.297 e. The standard InChI is InChI=1S/C49H61F3N4/c50-49(51,52)45-27-21-39(22-28-45)36-55-33-34-56(48(42-17-9-3-10-18-42)43-19-11-4-12-20-43)37-46(55)40-23-25-44(26-24-40)47(41-15-7-2-8-16-41)54-31-29-53(30-32-54)35-38-13-5-1-6-14-38/h1-3,5-10,13-18,21-22,27-28,40,43-44,46-48H,4,11-12,19-20,23-26,29-37H2. The first-order chi connectivity index (χ1) is 27.4. The van der Waals surface area contributed by atoms with Gasteiger partial charge in [0.2, 0.25) is 0 Å². The van der Waals surface area contributed by atoms with E-state index in [0.717, 1.165) is 57.9 Å². The Bertz CT molecular complexity index is 1750. The molecule has 0 aromatic heterocycles. The zero-order chi connectivity index (χ0) is 38.3. The normalized spacial score (nSPS) is 25.2. The van der Waals surface area contributed by atoms with E-state index in [2.05, 4.69) is 111 Å². The SMILES string of the molecule is FC(F)(F)c1ccc(CN2CCN(C(c3ccccc3)C3CCCCC3)CC2C2CCC(C(c3ccccc3)N3CCN(Cc4ccccc4)CC3)CC2)cc1. The van der Waals surface area contributed by atoms with Gasteiger partial charge in [-0.2, -0.15) is 13.2 Å². The van der Waals surface area contributed by atoms with Crippen molar-refractivity contribution in [1.29, 1.82) is 0 Å². The van der Waals surface area contributed by atoms with Gasteiger partial charge in [-0.25, -0.2) is 0 Å². The van der Waals surface area contributed by atoms with Gasteiger partial charge in [-0.3, -0.25) is 19.6 Å². The minimum Gasteiger partial charge on any atom is -0.297 e. The highest BCUT2D eigenvalue weighted by Gasteiger charge is 2.42. The van der Waals surface area contributed by atoms with Crippen LogP contribution in [0.2, 0.25) is 0 Å². The van der Waals surface area contributed by atoms with E-state index in [1.54, 1.807) is 12.1 Å². The molecule has 0 radical (unpaired) electrons. The number of rotatable bonds is 11. The van der Waals surface area contributed by atoms with Crippen LogP contribution in [0.3, 0.4) is 0 Å². The molecule has 4 aromatic rings. The van der Waals surface area contributed by atoms with E-state index in [0.29, 0.717) is 42.4 Å². The first-order valence-corrected chi connectivity index (χ1v) is 21.6. The summed E-state index contributed by atoms with van der Waals surface area (Å²) < 4.78 is 40.5. The molecule has 0 amide bonds. The lowest BCUT2D eigenvalue weighted by atomic mass is 9.72. The fraction of sp³-hybridized carbons (Fsp3) is 0.510. The Morgan fingerprint density at radius 2 is 1.02 bits per heavy atom. The zero-order valence-electron chi connectivity index (χ0n) is 33.1. The zero-order valence-corrected chi connectivity index (χ0v) is 33.1. The van der Waals surface area contributed by atoms with Crippen LogP contribution in [0.1, 0.15) is 97.7 Å². The molecular weight excluding hydrogens is 702 g/mol. The second-order valence-corrected chi connectivity index (χ2v) is 17.3. The van der Waals surface area contributed by atoms with Crippen molar-refractivity contribution < 1.29 is 13.2 Å². The lowest BCUT2D eigenvalue weighted by Gasteiger charge is -2.51. The highest BCUT2D eigenvalue weighted by molar-refractivity contribution is 5.26. The lowest BCUT2D eigenvalue weighted by Crippen LogP contribution is -2.57. The molecule has 56 heavy (non-hydrogen) atoms. The van der Waals surface area contributed by atoms with Crippen molar-refractivity contribution in [2.75, 3.05) is 45.8 Å². The van der Waals surface area contributed by atoms with Gasteiger partial charge in [-0.05, 0) is 90.7 Å². The van der Waals surface area contributed by atoms with Crippen LogP contribution < -0.4 is 0 Å². The molecule has 0 spiro atoms. The maximum atomic E-state index is 13.5. The summed E-state index contributed by atoms with van der Waals surface area (Å²) in [5, 5.41) is 0. The van der Waals surface area contributed by atoms with Gasteiger partial charge in [-0.15, -0.1) is 0 Å². The molecule has 4 aromatic carbocycles. The van der Waals surface area contributed by atoms with Gasteiger partial charge in [-0.1, -0.05) is 122 Å². The number of hydrogen-bond donors (Lipinski definition) is 0. The molecule has 2 heterocycles. The maximum absolute atomic E-state index is 13.5. The van der Waals surface area contributed by atoms with Crippen molar-refractivity contribution in [3.63, 3.8) is 0 Å². The minimum absolute atomic E-state index is 0.374. The van der Waals surface area contributed by atoms with Gasteiger partial charge in [0.25, 0.3) is 0 Å². The molecule has 3 unspecified atom stereocenters. The van der Waals surface area contributed by atoms with Crippen LogP contribution in [0.15, 0.2) is 115 Å². The summed E-state index contributed by atoms with van der Waals surface area (Å²) >= 11 is 0. The molecule has 0 N–H and O–H groups in total. The Morgan fingerprint density at radius 3 is 1.61 bits per heavy atom. The predicted molar refractivity (Wildman–Crippen MR) is 221 cm³/mol. The average Bonchev–Trinajstić information content (AvgIpc) is 3.24. The molecule has 4 fully saturated rings. The molecule has 7 heteroatoms. The highest BCUT2D eigenvalue weighted by Crippen LogP contribution is 2.45. The summed E-state index contributed by atoms with van der Waals surface area (Å²) in [5.41, 5.74) is 4.71. The van der Waals surface area contributed by atoms with Crippen LogP contribution in [0.25, 0.3) is 0 Å². The number of alkyl halides is 3. The molecule has 298 valence electrons. The molecule has 2 saturated heterocycles. The first-order valence-electron chi connectivity index (χ1n) is 21.6. The summed E-state index contributed by atoms with van der Waals surface area (Å²) in [6.45, 7) is 9.05. The van der Waals surface area contributed by atoms with Gasteiger partial charge in [0.05, 0.1) is 5.56 Å². The largest absolute Gasteiger partial charge is 0.416 e. The molecular formula is C49H61F3N4. The number of piperazine rings is 2. The molecule has 4 nitrogen and oxygen atoms in total. The summed E-state index contributed by atoms with van der Waals surface area (Å²) in [6, 6.07) is 40.6. The quantitative estimate of drug-likeness (QED) is 0.151. The van der Waals surface area contributed by atoms with E-state index in [1.807, 2.05) is 0 Å². The Kier molecular flexibility index (Phi) is 12.9. The monoisotopic (exact) mass is 762 g/mol. The molecule has 8 rings (SSSR count). The van der Waals surface area contributed by atoms with Gasteiger partial charge in [0.15, 0.2) is 0 Å². The van der Waals surface area contributed by atoms with Crippen molar-refractivity contribution in [2.24, 2.45) is 17.8 Å². The minimum atomic E-state index is -4.32. The van der Waals surface area contributed by atoms with Gasteiger partial charge < -0.3 is 0 Å². The lowest BCUT2D eigenvalue weighted by molar-refractivity contribution is -0.137. The Morgan fingerprint density at radius 1 is 0.500 bits per heavy atom. The second-order valence-electron chi connectivity index (χ2n) is 17.3.